The second-order valence-electron chi connectivity index (χ2n) is 6.59. The van der Waals surface area contributed by atoms with Crippen LogP contribution < -0.4 is 15.4 Å². The van der Waals surface area contributed by atoms with Crippen molar-refractivity contribution in [3.63, 3.8) is 0 Å². The zero-order valence-corrected chi connectivity index (χ0v) is 17.0. The lowest BCUT2D eigenvalue weighted by molar-refractivity contribution is -0.119. The molecule has 3 N–H and O–H groups in total. The van der Waals surface area contributed by atoms with Crippen molar-refractivity contribution in [1.29, 1.82) is 0 Å². The second-order valence-corrected chi connectivity index (χ2v) is 7.00. The fourth-order valence-corrected chi connectivity index (χ4v) is 3.36. The molecule has 0 unspecified atom stereocenters. The first-order valence-corrected chi connectivity index (χ1v) is 9.83. The van der Waals surface area contributed by atoms with Crippen LogP contribution in [-0.2, 0) is 11.2 Å². The van der Waals surface area contributed by atoms with E-state index in [0.29, 0.717) is 48.5 Å². The number of fused-ring (bicyclic) bond motifs is 2. The van der Waals surface area contributed by atoms with Gasteiger partial charge in [-0.05, 0) is 17.5 Å². The highest BCUT2D eigenvalue weighted by Gasteiger charge is 2.12. The normalized spacial score (nSPS) is 11.0. The molecule has 0 radical (unpaired) electrons. The van der Waals surface area contributed by atoms with Crippen molar-refractivity contribution < 1.29 is 9.53 Å². The van der Waals surface area contributed by atoms with Crippen LogP contribution in [0.25, 0.3) is 21.9 Å². The molecule has 0 aliphatic rings. The number of halogens is 1. The Morgan fingerprint density at radius 1 is 1.23 bits per heavy atom. The minimum atomic E-state index is -0.106. The predicted molar refractivity (Wildman–Crippen MR) is 115 cm³/mol. The lowest BCUT2D eigenvalue weighted by atomic mass is 10.1. The molecule has 1 aromatic carbocycles. The topological polar surface area (TPSA) is 118 Å². The van der Waals surface area contributed by atoms with Crippen LogP contribution in [0.5, 0.6) is 5.88 Å². The molecule has 0 aliphatic heterocycles. The summed E-state index contributed by atoms with van der Waals surface area (Å²) in [4.78, 5) is 31.2. The molecule has 10 heteroatoms. The molecule has 9 nitrogen and oxygen atoms in total. The van der Waals surface area contributed by atoms with Crippen LogP contribution in [0.4, 0.5) is 5.82 Å². The van der Waals surface area contributed by atoms with Crippen LogP contribution in [0.15, 0.2) is 36.9 Å². The Morgan fingerprint density at radius 2 is 2.13 bits per heavy atom. The predicted octanol–water partition coefficient (Wildman–Crippen LogP) is 2.72. The number of nitrogens with zero attached hydrogens (tertiary/aromatic N) is 4. The summed E-state index contributed by atoms with van der Waals surface area (Å²) >= 11 is 6.38. The third kappa shape index (κ3) is 4.41. The largest absolute Gasteiger partial charge is 0.475 e. The van der Waals surface area contributed by atoms with Crippen molar-refractivity contribution in [1.82, 2.24) is 30.2 Å². The summed E-state index contributed by atoms with van der Waals surface area (Å²) in [7, 11) is 0. The molecule has 0 aliphatic carbocycles. The first kappa shape index (κ1) is 19.8. The number of ether oxygens (including phenoxy) is 1. The highest BCUT2D eigenvalue weighted by Crippen LogP contribution is 2.31. The number of imidazole rings is 1. The van der Waals surface area contributed by atoms with Gasteiger partial charge >= 0.3 is 0 Å². The van der Waals surface area contributed by atoms with E-state index >= 15 is 0 Å². The van der Waals surface area contributed by atoms with Crippen molar-refractivity contribution >= 4 is 45.3 Å². The zero-order chi connectivity index (χ0) is 20.9. The second kappa shape index (κ2) is 8.91. The van der Waals surface area contributed by atoms with Gasteiger partial charge in [0.1, 0.15) is 18.5 Å². The average Bonchev–Trinajstić information content (AvgIpc) is 3.21. The number of amides is 1. The number of anilines is 1. The maximum absolute atomic E-state index is 11.0. The van der Waals surface area contributed by atoms with Crippen molar-refractivity contribution in [2.45, 2.75) is 13.3 Å². The summed E-state index contributed by atoms with van der Waals surface area (Å²) in [6.45, 7) is 2.76. The summed E-state index contributed by atoms with van der Waals surface area (Å²) in [5.41, 5.74) is 2.22. The van der Waals surface area contributed by atoms with Crippen LogP contribution >= 0.6 is 11.6 Å². The van der Waals surface area contributed by atoms with Crippen molar-refractivity contribution in [3.8, 4) is 5.88 Å². The van der Waals surface area contributed by atoms with Gasteiger partial charge in [0.05, 0.1) is 23.3 Å². The van der Waals surface area contributed by atoms with Gasteiger partial charge in [-0.2, -0.15) is 0 Å². The SMILES string of the molecule is CC(=O)NCCOc1nc(CCNc2ncnc3nc[nH]c23)cc2cccc(Cl)c12. The van der Waals surface area contributed by atoms with Crippen molar-refractivity contribution in [2.24, 2.45) is 0 Å². The van der Waals surface area contributed by atoms with E-state index < -0.39 is 0 Å². The van der Waals surface area contributed by atoms with Gasteiger partial charge in [-0.1, -0.05) is 23.7 Å². The van der Waals surface area contributed by atoms with Gasteiger partial charge in [0.25, 0.3) is 0 Å². The van der Waals surface area contributed by atoms with Gasteiger partial charge in [0, 0.05) is 25.6 Å². The van der Waals surface area contributed by atoms with Crippen molar-refractivity contribution in [3.05, 3.63) is 47.6 Å². The minimum Gasteiger partial charge on any atom is -0.475 e. The molecule has 30 heavy (non-hydrogen) atoms. The molecule has 0 fully saturated rings. The van der Waals surface area contributed by atoms with E-state index in [2.05, 4.69) is 35.6 Å². The molecule has 3 heterocycles. The minimum absolute atomic E-state index is 0.106. The van der Waals surface area contributed by atoms with Crippen LogP contribution in [0, 0.1) is 0 Å². The molecular weight excluding hydrogens is 406 g/mol. The molecule has 3 aromatic heterocycles. The summed E-state index contributed by atoms with van der Waals surface area (Å²) in [5.74, 6) is 1.04. The first-order valence-electron chi connectivity index (χ1n) is 9.45. The van der Waals surface area contributed by atoms with Gasteiger partial charge < -0.3 is 20.4 Å². The summed E-state index contributed by atoms with van der Waals surface area (Å²) in [6, 6.07) is 7.66. The zero-order valence-electron chi connectivity index (χ0n) is 16.3. The number of hydrogen-bond acceptors (Lipinski definition) is 7. The van der Waals surface area contributed by atoms with Gasteiger partial charge in [-0.15, -0.1) is 0 Å². The number of aromatic amines is 1. The van der Waals surface area contributed by atoms with E-state index in [1.165, 1.54) is 13.3 Å². The molecule has 0 bridgehead atoms. The number of pyridine rings is 1. The highest BCUT2D eigenvalue weighted by molar-refractivity contribution is 6.36. The Bertz CT molecular complexity index is 1190. The Morgan fingerprint density at radius 3 is 3.00 bits per heavy atom. The lowest BCUT2D eigenvalue weighted by Gasteiger charge is -2.13. The van der Waals surface area contributed by atoms with E-state index in [-0.39, 0.29) is 5.91 Å². The molecule has 4 aromatic rings. The van der Waals surface area contributed by atoms with E-state index in [4.69, 9.17) is 16.3 Å². The lowest BCUT2D eigenvalue weighted by Crippen LogP contribution is -2.25. The molecule has 4 rings (SSSR count). The maximum Gasteiger partial charge on any atom is 0.223 e. The van der Waals surface area contributed by atoms with Crippen LogP contribution in [-0.4, -0.2) is 50.5 Å². The quantitative estimate of drug-likeness (QED) is 0.371. The average molecular weight is 426 g/mol. The number of aromatic nitrogens is 5. The number of hydrogen-bond donors (Lipinski definition) is 3. The highest BCUT2D eigenvalue weighted by atomic mass is 35.5. The molecule has 0 spiro atoms. The van der Waals surface area contributed by atoms with Crippen LogP contribution in [0.1, 0.15) is 12.6 Å². The molecule has 0 atom stereocenters. The van der Waals surface area contributed by atoms with E-state index in [0.717, 1.165) is 22.0 Å². The summed E-state index contributed by atoms with van der Waals surface area (Å²) < 4.78 is 5.84. The number of H-pyrrole nitrogens is 1. The fourth-order valence-electron chi connectivity index (χ4n) is 3.10. The Hall–Kier alpha value is -3.46. The smallest absolute Gasteiger partial charge is 0.223 e. The molecule has 1 amide bonds. The fraction of sp³-hybridized carbons (Fsp3) is 0.250. The van der Waals surface area contributed by atoms with Crippen LogP contribution in [0.3, 0.4) is 0 Å². The number of carbonyl (C=O) groups excluding carboxylic acids is 1. The Kier molecular flexibility index (Phi) is 5.89. The number of rotatable bonds is 8. The first-order chi connectivity index (χ1) is 14.6. The Balaban J connectivity index is 1.50. The Labute approximate surface area is 177 Å². The maximum atomic E-state index is 11.0. The molecule has 0 saturated carbocycles. The van der Waals surface area contributed by atoms with E-state index in [1.807, 2.05) is 18.2 Å². The number of benzene rings is 1. The monoisotopic (exact) mass is 425 g/mol. The third-order valence-electron chi connectivity index (χ3n) is 4.44. The summed E-state index contributed by atoms with van der Waals surface area (Å²) in [6.07, 6.45) is 3.71. The molecule has 154 valence electrons. The van der Waals surface area contributed by atoms with Gasteiger partial charge in [-0.25, -0.2) is 19.9 Å². The van der Waals surface area contributed by atoms with Gasteiger partial charge in [0.2, 0.25) is 11.8 Å². The number of carbonyl (C=O) groups is 1. The third-order valence-corrected chi connectivity index (χ3v) is 4.75. The van der Waals surface area contributed by atoms with Crippen molar-refractivity contribution in [2.75, 3.05) is 25.0 Å². The molecule has 0 saturated heterocycles. The standard InChI is InChI=1S/C20H20ClN7O2/c1-12(29)22-7-8-30-20-16-13(3-2-4-15(16)21)9-14(28-20)5-6-23-18-17-19(25-10-24-17)27-11-26-18/h2-4,9-11H,5-8H2,1H3,(H,22,29)(H2,23,24,25,26,27). The van der Waals surface area contributed by atoms with E-state index in [1.54, 1.807) is 12.4 Å². The van der Waals surface area contributed by atoms with Gasteiger partial charge in [0.15, 0.2) is 11.5 Å². The summed E-state index contributed by atoms with van der Waals surface area (Å²) in [5, 5.41) is 8.27. The molecular formula is C20H20ClN7O2. The number of nitrogens with one attached hydrogen (secondary N) is 3. The van der Waals surface area contributed by atoms with Crippen LogP contribution in [0.2, 0.25) is 5.02 Å². The van der Waals surface area contributed by atoms with Gasteiger partial charge in [-0.3, -0.25) is 4.79 Å². The van der Waals surface area contributed by atoms with E-state index in [9.17, 15) is 4.79 Å².